The van der Waals surface area contributed by atoms with Crippen LogP contribution in [0.5, 0.6) is 0 Å². The maximum absolute atomic E-state index is 11.9. The third kappa shape index (κ3) is 4.46. The van der Waals surface area contributed by atoms with Gasteiger partial charge in [-0.3, -0.25) is 5.32 Å². The highest BCUT2D eigenvalue weighted by molar-refractivity contribution is 5.06. The van der Waals surface area contributed by atoms with Crippen molar-refractivity contribution in [3.8, 4) is 6.07 Å². The van der Waals surface area contributed by atoms with Crippen molar-refractivity contribution in [3.63, 3.8) is 0 Å². The van der Waals surface area contributed by atoms with Crippen molar-refractivity contribution in [3.05, 3.63) is 0 Å². The minimum atomic E-state index is -4.38. The molecule has 0 amide bonds. The fourth-order valence-electron chi connectivity index (χ4n) is 1.03. The fourth-order valence-corrected chi connectivity index (χ4v) is 1.03. The molecule has 4 nitrogen and oxygen atoms in total. The normalized spacial score (nSPS) is 16.1. The van der Waals surface area contributed by atoms with Gasteiger partial charge in [-0.05, 0) is 6.92 Å². The van der Waals surface area contributed by atoms with Gasteiger partial charge >= 0.3 is 6.18 Å². The molecule has 1 N–H and O–H groups in total. The van der Waals surface area contributed by atoms with Crippen LogP contribution in [0.1, 0.15) is 6.92 Å². The van der Waals surface area contributed by atoms with Crippen molar-refractivity contribution in [2.75, 3.05) is 20.8 Å². The molecule has 0 aromatic heterocycles. The van der Waals surface area contributed by atoms with Gasteiger partial charge in [-0.25, -0.2) is 0 Å². The number of nitriles is 1. The zero-order valence-corrected chi connectivity index (χ0v) is 8.68. The van der Waals surface area contributed by atoms with E-state index in [1.165, 1.54) is 21.1 Å². The smallest absolute Gasteiger partial charge is 0.353 e. The molecule has 0 spiro atoms. The molecule has 0 rings (SSSR count). The highest BCUT2D eigenvalue weighted by Gasteiger charge is 2.39. The van der Waals surface area contributed by atoms with Gasteiger partial charge < -0.3 is 9.47 Å². The molecule has 0 aromatic rings. The molecule has 0 aliphatic heterocycles. The number of nitrogens with zero attached hydrogens (tertiary/aromatic N) is 1. The number of nitrogens with one attached hydrogen (secondary N) is 1. The van der Waals surface area contributed by atoms with Gasteiger partial charge in [0, 0.05) is 14.2 Å². The highest BCUT2D eigenvalue weighted by atomic mass is 19.4. The Labute approximate surface area is 86.0 Å². The Balaban J connectivity index is 4.52. The standard InChI is InChI=1S/C8H13F3N2O2/c1-7(4-12,6(14-2)15-3)13-5-8(9,10)11/h6,13H,5H2,1-3H3. The number of rotatable bonds is 5. The summed E-state index contributed by atoms with van der Waals surface area (Å²) in [6.45, 7) is -0.00329. The van der Waals surface area contributed by atoms with Crippen LogP contribution in [0.2, 0.25) is 0 Å². The lowest BCUT2D eigenvalue weighted by molar-refractivity contribution is -0.157. The van der Waals surface area contributed by atoms with Gasteiger partial charge in [0.2, 0.25) is 0 Å². The number of halogens is 3. The van der Waals surface area contributed by atoms with Crippen LogP contribution in [0.3, 0.4) is 0 Å². The van der Waals surface area contributed by atoms with Crippen LogP contribution >= 0.6 is 0 Å². The number of methoxy groups -OCH3 is 2. The lowest BCUT2D eigenvalue weighted by Crippen LogP contribution is -2.55. The van der Waals surface area contributed by atoms with Crippen molar-refractivity contribution in [1.82, 2.24) is 5.32 Å². The summed E-state index contributed by atoms with van der Waals surface area (Å²) in [5, 5.41) is 10.8. The molecule has 15 heavy (non-hydrogen) atoms. The van der Waals surface area contributed by atoms with Gasteiger partial charge in [0.15, 0.2) is 11.8 Å². The topological polar surface area (TPSA) is 54.3 Å². The Morgan fingerprint density at radius 3 is 2.07 bits per heavy atom. The summed E-state index contributed by atoms with van der Waals surface area (Å²) in [4.78, 5) is 0. The average Bonchev–Trinajstić information content (AvgIpc) is 2.15. The van der Waals surface area contributed by atoms with Crippen molar-refractivity contribution in [2.24, 2.45) is 0 Å². The van der Waals surface area contributed by atoms with Crippen molar-refractivity contribution >= 4 is 0 Å². The SMILES string of the molecule is COC(OC)C(C)(C#N)NCC(F)(F)F. The first kappa shape index (κ1) is 14.2. The molecule has 1 atom stereocenters. The minimum Gasteiger partial charge on any atom is -0.353 e. The highest BCUT2D eigenvalue weighted by Crippen LogP contribution is 2.18. The van der Waals surface area contributed by atoms with E-state index in [2.05, 4.69) is 5.32 Å². The van der Waals surface area contributed by atoms with Crippen molar-refractivity contribution in [2.45, 2.75) is 24.9 Å². The molecule has 0 saturated carbocycles. The molecular weight excluding hydrogens is 213 g/mol. The number of ether oxygens (including phenoxy) is 2. The first-order valence-corrected chi connectivity index (χ1v) is 4.07. The van der Waals surface area contributed by atoms with E-state index < -0.39 is 24.6 Å². The van der Waals surface area contributed by atoms with Crippen LogP contribution < -0.4 is 5.32 Å². The van der Waals surface area contributed by atoms with Crippen LogP contribution in [0.15, 0.2) is 0 Å². The average molecular weight is 226 g/mol. The van der Waals surface area contributed by atoms with Crippen LogP contribution in [0, 0.1) is 11.3 Å². The molecule has 0 aliphatic rings. The van der Waals surface area contributed by atoms with Crippen LogP contribution in [-0.2, 0) is 9.47 Å². The summed E-state index contributed by atoms with van der Waals surface area (Å²) in [7, 11) is 2.50. The third-order valence-electron chi connectivity index (χ3n) is 1.79. The predicted octanol–water partition coefficient (Wildman–Crippen LogP) is 1.04. The van der Waals surface area contributed by atoms with E-state index in [-0.39, 0.29) is 0 Å². The lowest BCUT2D eigenvalue weighted by Gasteiger charge is -2.30. The Kier molecular flexibility index (Phi) is 5.00. The predicted molar refractivity (Wildman–Crippen MR) is 45.9 cm³/mol. The zero-order valence-electron chi connectivity index (χ0n) is 8.68. The first-order chi connectivity index (χ1) is 6.79. The lowest BCUT2D eigenvalue weighted by atomic mass is 10.0. The van der Waals surface area contributed by atoms with E-state index in [1.54, 1.807) is 6.07 Å². The van der Waals surface area contributed by atoms with E-state index in [0.29, 0.717) is 0 Å². The Bertz CT molecular complexity index is 235. The third-order valence-corrected chi connectivity index (χ3v) is 1.79. The van der Waals surface area contributed by atoms with E-state index in [0.717, 1.165) is 0 Å². The second-order valence-electron chi connectivity index (χ2n) is 3.09. The fraction of sp³-hybridized carbons (Fsp3) is 0.875. The zero-order chi connectivity index (χ0) is 12.1. The summed E-state index contributed by atoms with van der Waals surface area (Å²) in [6.07, 6.45) is -5.45. The van der Waals surface area contributed by atoms with Gasteiger partial charge in [-0.15, -0.1) is 0 Å². The largest absolute Gasteiger partial charge is 0.401 e. The molecule has 0 bridgehead atoms. The molecule has 0 heterocycles. The molecule has 0 fully saturated rings. The minimum absolute atomic E-state index is 1.06. The van der Waals surface area contributed by atoms with Crippen molar-refractivity contribution < 1.29 is 22.6 Å². The molecule has 7 heteroatoms. The van der Waals surface area contributed by atoms with Crippen LogP contribution in [-0.4, -0.2) is 38.8 Å². The summed E-state index contributed by atoms with van der Waals surface area (Å²) in [6, 6.07) is 1.69. The number of hydrogen-bond acceptors (Lipinski definition) is 4. The Morgan fingerprint density at radius 1 is 1.33 bits per heavy atom. The monoisotopic (exact) mass is 226 g/mol. The van der Waals surface area contributed by atoms with E-state index >= 15 is 0 Å². The second-order valence-corrected chi connectivity index (χ2v) is 3.09. The molecule has 0 aromatic carbocycles. The maximum Gasteiger partial charge on any atom is 0.401 e. The van der Waals surface area contributed by atoms with Crippen molar-refractivity contribution in [1.29, 1.82) is 5.26 Å². The van der Waals surface area contributed by atoms with Gasteiger partial charge in [-0.2, -0.15) is 18.4 Å². The summed E-state index contributed by atoms with van der Waals surface area (Å²) in [5.74, 6) is 0. The second kappa shape index (κ2) is 5.30. The summed E-state index contributed by atoms with van der Waals surface area (Å²) >= 11 is 0. The number of hydrogen-bond donors (Lipinski definition) is 1. The Morgan fingerprint density at radius 2 is 1.80 bits per heavy atom. The van der Waals surface area contributed by atoms with Gasteiger partial charge in [0.05, 0.1) is 12.6 Å². The molecule has 88 valence electrons. The Hall–Kier alpha value is -0.840. The summed E-state index contributed by atoms with van der Waals surface area (Å²) < 4.78 is 45.3. The van der Waals surface area contributed by atoms with Gasteiger partial charge in [-0.1, -0.05) is 0 Å². The van der Waals surface area contributed by atoms with E-state index in [1.807, 2.05) is 0 Å². The molecule has 0 aliphatic carbocycles. The molecule has 1 unspecified atom stereocenters. The molecule has 0 saturated heterocycles. The quantitative estimate of drug-likeness (QED) is 0.711. The first-order valence-electron chi connectivity index (χ1n) is 4.07. The van der Waals surface area contributed by atoms with Crippen LogP contribution in [0.25, 0.3) is 0 Å². The summed E-state index contributed by atoms with van der Waals surface area (Å²) in [5.41, 5.74) is -1.54. The molecule has 0 radical (unpaired) electrons. The van der Waals surface area contributed by atoms with Gasteiger partial charge in [0.1, 0.15) is 0 Å². The van der Waals surface area contributed by atoms with E-state index in [9.17, 15) is 13.2 Å². The molecular formula is C8H13F3N2O2. The van der Waals surface area contributed by atoms with Gasteiger partial charge in [0.25, 0.3) is 0 Å². The van der Waals surface area contributed by atoms with E-state index in [4.69, 9.17) is 14.7 Å². The van der Waals surface area contributed by atoms with Crippen LogP contribution in [0.4, 0.5) is 13.2 Å². The number of alkyl halides is 3. The maximum atomic E-state index is 11.9.